The number of fused-ring (bicyclic) bond motifs is 1. The van der Waals surface area contributed by atoms with Gasteiger partial charge in [0, 0.05) is 38.3 Å². The number of likely N-dealkylation sites (tertiary alicyclic amines) is 1. The lowest BCUT2D eigenvalue weighted by molar-refractivity contribution is 0.202. The van der Waals surface area contributed by atoms with Crippen LogP contribution in [0.5, 0.6) is 0 Å². The molecule has 0 radical (unpaired) electrons. The Kier molecular flexibility index (Phi) is 5.72. The van der Waals surface area contributed by atoms with Crippen LogP contribution in [-0.2, 0) is 6.42 Å². The number of urea groups is 1. The molecule has 132 valence electrons. The van der Waals surface area contributed by atoms with E-state index in [-0.39, 0.29) is 6.03 Å². The highest BCUT2D eigenvalue weighted by Crippen LogP contribution is 2.27. The summed E-state index contributed by atoms with van der Waals surface area (Å²) in [5.74, 6) is 0.717. The summed E-state index contributed by atoms with van der Waals surface area (Å²) >= 11 is 0. The molecule has 2 aliphatic heterocycles. The predicted octanol–water partition coefficient (Wildman–Crippen LogP) is 3.05. The summed E-state index contributed by atoms with van der Waals surface area (Å²) in [6.07, 6.45) is 7.33. The fraction of sp³-hybridized carbons (Fsp3) is 0.684. The van der Waals surface area contributed by atoms with Crippen molar-refractivity contribution in [3.05, 3.63) is 24.0 Å². The van der Waals surface area contributed by atoms with Crippen LogP contribution in [-0.4, -0.2) is 48.1 Å². The van der Waals surface area contributed by atoms with Gasteiger partial charge in [-0.05, 0) is 43.9 Å². The maximum absolute atomic E-state index is 13.0. The van der Waals surface area contributed by atoms with Crippen LogP contribution in [0, 0.1) is 5.92 Å². The standard InChI is InChI=1S/C19H30N4O/c1-15(2)8-11-20-16-6-3-4-12-22(14-16)19(24)23-13-9-17-18(23)7-5-10-21-17/h5,7,10,15-16,20H,3-4,6,8-9,11-14H2,1-2H3. The second-order valence-electron chi connectivity index (χ2n) is 7.43. The van der Waals surface area contributed by atoms with Gasteiger partial charge in [-0.25, -0.2) is 4.79 Å². The number of amides is 2. The van der Waals surface area contributed by atoms with E-state index < -0.39 is 0 Å². The lowest BCUT2D eigenvalue weighted by Gasteiger charge is -2.30. The average molecular weight is 330 g/mol. The summed E-state index contributed by atoms with van der Waals surface area (Å²) in [6, 6.07) is 4.51. The van der Waals surface area contributed by atoms with E-state index in [0.29, 0.717) is 6.04 Å². The predicted molar refractivity (Wildman–Crippen MR) is 97.4 cm³/mol. The Bertz CT molecular complexity index is 560. The van der Waals surface area contributed by atoms with Crippen molar-refractivity contribution in [2.24, 2.45) is 5.92 Å². The van der Waals surface area contributed by atoms with Gasteiger partial charge in [0.1, 0.15) is 0 Å². The summed E-state index contributed by atoms with van der Waals surface area (Å²) < 4.78 is 0. The van der Waals surface area contributed by atoms with E-state index in [2.05, 4.69) is 24.1 Å². The molecular formula is C19H30N4O. The van der Waals surface area contributed by atoms with Crippen LogP contribution < -0.4 is 10.2 Å². The zero-order valence-corrected chi connectivity index (χ0v) is 15.0. The number of nitrogens with one attached hydrogen (secondary N) is 1. The molecule has 0 bridgehead atoms. The van der Waals surface area contributed by atoms with Crippen LogP contribution in [0.2, 0.25) is 0 Å². The van der Waals surface area contributed by atoms with Gasteiger partial charge in [0.15, 0.2) is 0 Å². The second kappa shape index (κ2) is 7.97. The van der Waals surface area contributed by atoms with Gasteiger partial charge in [-0.3, -0.25) is 9.88 Å². The van der Waals surface area contributed by atoms with E-state index in [1.807, 2.05) is 28.1 Å². The van der Waals surface area contributed by atoms with Gasteiger partial charge >= 0.3 is 6.03 Å². The smallest absolute Gasteiger partial charge is 0.323 e. The molecule has 1 N–H and O–H groups in total. The number of anilines is 1. The quantitative estimate of drug-likeness (QED) is 0.923. The summed E-state index contributed by atoms with van der Waals surface area (Å²) in [4.78, 5) is 21.4. The lowest BCUT2D eigenvalue weighted by atomic mass is 10.1. The van der Waals surface area contributed by atoms with Gasteiger partial charge in [0.25, 0.3) is 0 Å². The molecule has 1 aromatic heterocycles. The molecule has 0 aliphatic carbocycles. The number of carbonyl (C=O) groups excluding carboxylic acids is 1. The molecule has 0 aromatic carbocycles. The van der Waals surface area contributed by atoms with E-state index >= 15 is 0 Å². The summed E-state index contributed by atoms with van der Waals surface area (Å²) in [7, 11) is 0. The minimum Gasteiger partial charge on any atom is -0.323 e. The molecule has 0 spiro atoms. The number of carbonyl (C=O) groups is 1. The third-order valence-electron chi connectivity index (χ3n) is 5.06. The molecule has 2 aliphatic rings. The minimum atomic E-state index is 0.152. The maximum atomic E-state index is 13.0. The van der Waals surface area contributed by atoms with Gasteiger partial charge in [-0.1, -0.05) is 20.3 Å². The molecule has 0 saturated carbocycles. The Hall–Kier alpha value is -1.62. The zero-order chi connectivity index (χ0) is 16.9. The average Bonchev–Trinajstić information content (AvgIpc) is 2.86. The largest absolute Gasteiger partial charge is 0.324 e. The second-order valence-corrected chi connectivity index (χ2v) is 7.43. The van der Waals surface area contributed by atoms with Crippen molar-refractivity contribution >= 4 is 11.7 Å². The molecule has 1 aromatic rings. The first kappa shape index (κ1) is 17.2. The molecule has 3 rings (SSSR count). The van der Waals surface area contributed by atoms with Crippen molar-refractivity contribution in [1.82, 2.24) is 15.2 Å². The lowest BCUT2D eigenvalue weighted by Crippen LogP contribution is -2.48. The van der Waals surface area contributed by atoms with Crippen LogP contribution in [0.3, 0.4) is 0 Å². The number of aromatic nitrogens is 1. The normalized spacial score (nSPS) is 21.0. The zero-order valence-electron chi connectivity index (χ0n) is 15.0. The molecule has 5 heteroatoms. The molecule has 1 unspecified atom stereocenters. The summed E-state index contributed by atoms with van der Waals surface area (Å²) in [6.45, 7) is 8.00. The molecule has 2 amide bonds. The molecule has 1 atom stereocenters. The first-order valence-electron chi connectivity index (χ1n) is 9.39. The fourth-order valence-electron chi connectivity index (χ4n) is 3.63. The van der Waals surface area contributed by atoms with Crippen molar-refractivity contribution in [3.63, 3.8) is 0 Å². The van der Waals surface area contributed by atoms with E-state index in [4.69, 9.17) is 0 Å². The SMILES string of the molecule is CC(C)CCNC1CCCCN(C(=O)N2CCc3ncccc32)C1. The highest BCUT2D eigenvalue weighted by atomic mass is 16.2. The number of hydrogen-bond donors (Lipinski definition) is 1. The molecule has 24 heavy (non-hydrogen) atoms. The van der Waals surface area contributed by atoms with Gasteiger partial charge in [0.2, 0.25) is 0 Å². The molecular weight excluding hydrogens is 300 g/mol. The van der Waals surface area contributed by atoms with Gasteiger partial charge < -0.3 is 10.2 Å². The topological polar surface area (TPSA) is 48.5 Å². The van der Waals surface area contributed by atoms with Crippen LogP contribution in [0.1, 0.15) is 45.2 Å². The van der Waals surface area contributed by atoms with E-state index in [0.717, 1.165) is 56.3 Å². The van der Waals surface area contributed by atoms with Crippen LogP contribution in [0.15, 0.2) is 18.3 Å². The Morgan fingerprint density at radius 1 is 1.38 bits per heavy atom. The Morgan fingerprint density at radius 3 is 3.08 bits per heavy atom. The highest BCUT2D eigenvalue weighted by Gasteiger charge is 2.30. The number of pyridine rings is 1. The molecule has 1 fully saturated rings. The monoisotopic (exact) mass is 330 g/mol. The highest BCUT2D eigenvalue weighted by molar-refractivity contribution is 5.93. The Morgan fingerprint density at radius 2 is 2.25 bits per heavy atom. The molecule has 5 nitrogen and oxygen atoms in total. The van der Waals surface area contributed by atoms with Gasteiger partial charge in [-0.15, -0.1) is 0 Å². The molecule has 1 saturated heterocycles. The third kappa shape index (κ3) is 4.07. The van der Waals surface area contributed by atoms with Crippen LogP contribution in [0.4, 0.5) is 10.5 Å². The van der Waals surface area contributed by atoms with Crippen molar-refractivity contribution < 1.29 is 4.79 Å². The van der Waals surface area contributed by atoms with Crippen molar-refractivity contribution in [3.8, 4) is 0 Å². The minimum absolute atomic E-state index is 0.152. The van der Waals surface area contributed by atoms with E-state index in [1.165, 1.54) is 19.3 Å². The number of hydrogen-bond acceptors (Lipinski definition) is 3. The Labute approximate surface area is 145 Å². The van der Waals surface area contributed by atoms with Crippen LogP contribution in [0.25, 0.3) is 0 Å². The summed E-state index contributed by atoms with van der Waals surface area (Å²) in [5, 5.41) is 3.66. The molecule has 3 heterocycles. The van der Waals surface area contributed by atoms with Crippen molar-refractivity contribution in [1.29, 1.82) is 0 Å². The number of nitrogens with zero attached hydrogens (tertiary/aromatic N) is 3. The van der Waals surface area contributed by atoms with Gasteiger partial charge in [0.05, 0.1) is 11.4 Å². The van der Waals surface area contributed by atoms with Gasteiger partial charge in [-0.2, -0.15) is 0 Å². The first-order valence-corrected chi connectivity index (χ1v) is 9.39. The van der Waals surface area contributed by atoms with E-state index in [1.54, 1.807) is 0 Å². The maximum Gasteiger partial charge on any atom is 0.324 e. The van der Waals surface area contributed by atoms with Crippen LogP contribution >= 0.6 is 0 Å². The van der Waals surface area contributed by atoms with E-state index in [9.17, 15) is 4.79 Å². The fourth-order valence-corrected chi connectivity index (χ4v) is 3.63. The Balaban J connectivity index is 1.61. The number of rotatable bonds is 4. The summed E-state index contributed by atoms with van der Waals surface area (Å²) in [5.41, 5.74) is 2.04. The van der Waals surface area contributed by atoms with Crippen molar-refractivity contribution in [2.45, 2.75) is 52.0 Å². The first-order chi connectivity index (χ1) is 11.6. The van der Waals surface area contributed by atoms with Crippen molar-refractivity contribution in [2.75, 3.05) is 31.1 Å². The third-order valence-corrected chi connectivity index (χ3v) is 5.06.